The van der Waals surface area contributed by atoms with Gasteiger partial charge in [-0.2, -0.15) is 0 Å². The summed E-state index contributed by atoms with van der Waals surface area (Å²) in [5, 5.41) is 4.77. The zero-order chi connectivity index (χ0) is 13.9. The molecule has 1 aromatic carbocycles. The van der Waals surface area contributed by atoms with Crippen LogP contribution in [0.1, 0.15) is 18.4 Å². The maximum absolute atomic E-state index is 11.8. The minimum Gasteiger partial charge on any atom is -0.368 e. The molecule has 1 amide bonds. The predicted molar refractivity (Wildman–Crippen MR) is 79.0 cm³/mol. The number of amides is 1. The number of carbonyl (C=O) groups excluding carboxylic acids is 1. The van der Waals surface area contributed by atoms with E-state index in [0.717, 1.165) is 40.8 Å². The molecular formula is C15H17ClN2O2. The van der Waals surface area contributed by atoms with E-state index in [1.54, 1.807) is 0 Å². The van der Waals surface area contributed by atoms with Crippen molar-refractivity contribution in [2.75, 3.05) is 13.2 Å². The van der Waals surface area contributed by atoms with E-state index in [-0.39, 0.29) is 12.0 Å². The number of aromatic nitrogens is 1. The molecule has 0 aliphatic carbocycles. The highest BCUT2D eigenvalue weighted by molar-refractivity contribution is 6.31. The van der Waals surface area contributed by atoms with Crippen molar-refractivity contribution in [1.82, 2.24) is 10.3 Å². The van der Waals surface area contributed by atoms with Crippen molar-refractivity contribution in [2.24, 2.45) is 0 Å². The number of ether oxygens (including phenoxy) is 1. The molecule has 0 unspecified atom stereocenters. The van der Waals surface area contributed by atoms with E-state index in [4.69, 9.17) is 16.3 Å². The highest BCUT2D eigenvalue weighted by Crippen LogP contribution is 2.22. The average molecular weight is 293 g/mol. The third-order valence-electron chi connectivity index (χ3n) is 3.65. The Hall–Kier alpha value is -1.52. The van der Waals surface area contributed by atoms with Crippen molar-refractivity contribution in [3.05, 3.63) is 35.0 Å². The van der Waals surface area contributed by atoms with Gasteiger partial charge in [0, 0.05) is 35.3 Å². The molecule has 4 nitrogen and oxygen atoms in total. The van der Waals surface area contributed by atoms with Crippen molar-refractivity contribution in [3.8, 4) is 0 Å². The van der Waals surface area contributed by atoms with E-state index in [0.29, 0.717) is 13.2 Å². The van der Waals surface area contributed by atoms with Crippen LogP contribution in [-0.2, 0) is 16.0 Å². The summed E-state index contributed by atoms with van der Waals surface area (Å²) >= 11 is 6.02. The fourth-order valence-corrected chi connectivity index (χ4v) is 2.75. The molecule has 2 heterocycles. The Bertz CT molecular complexity index is 617. The zero-order valence-corrected chi connectivity index (χ0v) is 11.9. The highest BCUT2D eigenvalue weighted by Gasteiger charge is 2.22. The molecule has 2 N–H and O–H groups in total. The summed E-state index contributed by atoms with van der Waals surface area (Å²) in [6, 6.07) is 5.78. The first kappa shape index (κ1) is 13.5. The summed E-state index contributed by atoms with van der Waals surface area (Å²) < 4.78 is 5.35. The number of H-pyrrole nitrogens is 1. The molecule has 0 saturated carbocycles. The van der Waals surface area contributed by atoms with Gasteiger partial charge in [0.15, 0.2) is 0 Å². The molecule has 5 heteroatoms. The van der Waals surface area contributed by atoms with Crippen molar-refractivity contribution in [1.29, 1.82) is 0 Å². The first-order valence-corrected chi connectivity index (χ1v) is 7.26. The van der Waals surface area contributed by atoms with Crippen LogP contribution in [0.25, 0.3) is 10.9 Å². The van der Waals surface area contributed by atoms with E-state index in [1.165, 1.54) is 0 Å². The molecule has 0 bridgehead atoms. The topological polar surface area (TPSA) is 54.1 Å². The van der Waals surface area contributed by atoms with Crippen LogP contribution in [0.5, 0.6) is 0 Å². The number of hydrogen-bond acceptors (Lipinski definition) is 2. The summed E-state index contributed by atoms with van der Waals surface area (Å²) in [4.78, 5) is 15.0. The van der Waals surface area contributed by atoms with Crippen LogP contribution in [0.15, 0.2) is 24.4 Å². The van der Waals surface area contributed by atoms with Crippen LogP contribution in [0.4, 0.5) is 0 Å². The van der Waals surface area contributed by atoms with Crippen LogP contribution in [0, 0.1) is 0 Å². The molecule has 1 saturated heterocycles. The Labute approximate surface area is 122 Å². The van der Waals surface area contributed by atoms with Crippen LogP contribution in [0.3, 0.4) is 0 Å². The highest BCUT2D eigenvalue weighted by atomic mass is 35.5. The molecule has 2 aromatic rings. The second-order valence-electron chi connectivity index (χ2n) is 5.05. The molecule has 1 fully saturated rings. The standard InChI is InChI=1S/C15H17ClN2O2/c16-11-3-4-13-12(8-11)10(9-18-13)5-6-17-15(19)14-2-1-7-20-14/h3-4,8-9,14,18H,1-2,5-7H2,(H,17,19)/t14-/m0/s1. The largest absolute Gasteiger partial charge is 0.368 e. The predicted octanol–water partition coefficient (Wildman–Crippen LogP) is 2.66. The Morgan fingerprint density at radius 1 is 1.50 bits per heavy atom. The van der Waals surface area contributed by atoms with Gasteiger partial charge in [-0.15, -0.1) is 0 Å². The molecule has 1 aromatic heterocycles. The van der Waals surface area contributed by atoms with E-state index >= 15 is 0 Å². The molecule has 0 spiro atoms. The Morgan fingerprint density at radius 3 is 3.20 bits per heavy atom. The first-order valence-electron chi connectivity index (χ1n) is 6.89. The van der Waals surface area contributed by atoms with Crippen molar-refractivity contribution in [2.45, 2.75) is 25.4 Å². The minimum atomic E-state index is -0.257. The van der Waals surface area contributed by atoms with Gasteiger partial charge in [0.05, 0.1) is 0 Å². The maximum atomic E-state index is 11.8. The number of aromatic amines is 1. The number of benzene rings is 1. The third-order valence-corrected chi connectivity index (χ3v) is 3.88. The number of fused-ring (bicyclic) bond motifs is 1. The molecule has 3 rings (SSSR count). The van der Waals surface area contributed by atoms with Crippen molar-refractivity contribution in [3.63, 3.8) is 0 Å². The number of carbonyl (C=O) groups is 1. The SMILES string of the molecule is O=C(NCCc1c[nH]c2ccc(Cl)cc12)[C@@H]1CCCO1. The Morgan fingerprint density at radius 2 is 2.40 bits per heavy atom. The maximum Gasteiger partial charge on any atom is 0.249 e. The fraction of sp³-hybridized carbons (Fsp3) is 0.400. The normalized spacial score (nSPS) is 18.6. The average Bonchev–Trinajstić information content (AvgIpc) is 3.08. The number of halogens is 1. The Balaban J connectivity index is 1.59. The van der Waals surface area contributed by atoms with E-state index in [1.807, 2.05) is 24.4 Å². The van der Waals surface area contributed by atoms with Gasteiger partial charge < -0.3 is 15.0 Å². The lowest BCUT2D eigenvalue weighted by molar-refractivity contribution is -0.129. The zero-order valence-electron chi connectivity index (χ0n) is 11.1. The molecule has 1 aliphatic heterocycles. The lowest BCUT2D eigenvalue weighted by Crippen LogP contribution is -2.35. The molecule has 106 valence electrons. The summed E-state index contributed by atoms with van der Waals surface area (Å²) in [6.45, 7) is 1.30. The molecule has 1 aliphatic rings. The van der Waals surface area contributed by atoms with Crippen LogP contribution >= 0.6 is 11.6 Å². The second kappa shape index (κ2) is 5.85. The lowest BCUT2D eigenvalue weighted by Gasteiger charge is -2.09. The number of hydrogen-bond donors (Lipinski definition) is 2. The smallest absolute Gasteiger partial charge is 0.249 e. The Kier molecular flexibility index (Phi) is 3.94. The van der Waals surface area contributed by atoms with Crippen molar-refractivity contribution >= 4 is 28.4 Å². The summed E-state index contributed by atoms with van der Waals surface area (Å²) in [5.41, 5.74) is 2.23. The van der Waals surface area contributed by atoms with Crippen LogP contribution in [-0.4, -0.2) is 30.1 Å². The summed E-state index contributed by atoms with van der Waals surface area (Å²) in [5.74, 6) is 0.000346. The van der Waals surface area contributed by atoms with E-state index in [9.17, 15) is 4.79 Å². The van der Waals surface area contributed by atoms with Crippen molar-refractivity contribution < 1.29 is 9.53 Å². The molecule has 20 heavy (non-hydrogen) atoms. The van der Waals surface area contributed by atoms with Gasteiger partial charge in [-0.05, 0) is 43.0 Å². The number of rotatable bonds is 4. The van der Waals surface area contributed by atoms with Gasteiger partial charge in [-0.1, -0.05) is 11.6 Å². The molecule has 0 radical (unpaired) electrons. The first-order chi connectivity index (χ1) is 9.74. The number of nitrogens with one attached hydrogen (secondary N) is 2. The van der Waals surface area contributed by atoms with Gasteiger partial charge >= 0.3 is 0 Å². The van der Waals surface area contributed by atoms with Gasteiger partial charge in [0.25, 0.3) is 0 Å². The van der Waals surface area contributed by atoms with Crippen LogP contribution < -0.4 is 5.32 Å². The van der Waals surface area contributed by atoms with Gasteiger partial charge in [0.1, 0.15) is 6.10 Å². The summed E-state index contributed by atoms with van der Waals surface area (Å²) in [6.07, 6.45) is 4.29. The van der Waals surface area contributed by atoms with E-state index in [2.05, 4.69) is 10.3 Å². The van der Waals surface area contributed by atoms with Gasteiger partial charge in [-0.3, -0.25) is 4.79 Å². The fourth-order valence-electron chi connectivity index (χ4n) is 2.58. The second-order valence-corrected chi connectivity index (χ2v) is 5.48. The van der Waals surface area contributed by atoms with E-state index < -0.39 is 0 Å². The molecule has 1 atom stereocenters. The van der Waals surface area contributed by atoms with Gasteiger partial charge in [0.2, 0.25) is 5.91 Å². The van der Waals surface area contributed by atoms with Crippen LogP contribution in [0.2, 0.25) is 5.02 Å². The monoisotopic (exact) mass is 292 g/mol. The summed E-state index contributed by atoms with van der Waals surface area (Å²) in [7, 11) is 0. The quantitative estimate of drug-likeness (QED) is 0.910. The minimum absolute atomic E-state index is 0.000346. The lowest BCUT2D eigenvalue weighted by atomic mass is 10.1. The van der Waals surface area contributed by atoms with Gasteiger partial charge in [-0.25, -0.2) is 0 Å². The molecular weight excluding hydrogens is 276 g/mol. The third kappa shape index (κ3) is 2.81.